The fourth-order valence-corrected chi connectivity index (χ4v) is 1.64. The molecule has 0 amide bonds. The van der Waals surface area contributed by atoms with E-state index in [-0.39, 0.29) is 18.2 Å². The summed E-state index contributed by atoms with van der Waals surface area (Å²) < 4.78 is 37.7. The van der Waals surface area contributed by atoms with Gasteiger partial charge in [-0.05, 0) is 12.5 Å². The van der Waals surface area contributed by atoms with Gasteiger partial charge in [0.05, 0.1) is 4.92 Å². The van der Waals surface area contributed by atoms with Crippen molar-refractivity contribution in [2.75, 3.05) is 23.4 Å². The standard InChI is InChI=1S/C10H14F3N5O2/c1-2-5-17(6-10(11,12)13)9-7(18(19)20)3-4-8(15-9)16-14/h3-4H,2,5-6,14H2,1H3,(H,15,16). The predicted molar refractivity (Wildman–Crippen MR) is 67.3 cm³/mol. The van der Waals surface area contributed by atoms with E-state index in [9.17, 15) is 23.3 Å². The second-order valence-electron chi connectivity index (χ2n) is 3.98. The van der Waals surface area contributed by atoms with Gasteiger partial charge in [0.25, 0.3) is 0 Å². The topological polar surface area (TPSA) is 97.3 Å². The van der Waals surface area contributed by atoms with E-state index in [1.165, 1.54) is 6.07 Å². The molecule has 0 radical (unpaired) electrons. The molecule has 0 aliphatic carbocycles. The molecule has 1 aromatic rings. The lowest BCUT2D eigenvalue weighted by Gasteiger charge is -2.24. The van der Waals surface area contributed by atoms with Gasteiger partial charge in [-0.3, -0.25) is 10.1 Å². The molecular formula is C10H14F3N5O2. The van der Waals surface area contributed by atoms with Gasteiger partial charge in [0.1, 0.15) is 12.4 Å². The van der Waals surface area contributed by atoms with Gasteiger partial charge in [-0.2, -0.15) is 13.2 Å². The van der Waals surface area contributed by atoms with E-state index >= 15 is 0 Å². The van der Waals surface area contributed by atoms with Crippen LogP contribution in [0, 0.1) is 10.1 Å². The minimum Gasteiger partial charge on any atom is -0.342 e. The van der Waals surface area contributed by atoms with Crippen molar-refractivity contribution in [2.45, 2.75) is 19.5 Å². The number of anilines is 2. The van der Waals surface area contributed by atoms with Crippen molar-refractivity contribution in [1.82, 2.24) is 4.98 Å². The quantitative estimate of drug-likeness (QED) is 0.473. The Kier molecular flexibility index (Phi) is 5.08. The molecule has 0 aromatic carbocycles. The molecule has 0 saturated carbocycles. The van der Waals surface area contributed by atoms with Crippen LogP contribution in [0.4, 0.5) is 30.5 Å². The van der Waals surface area contributed by atoms with E-state index in [2.05, 4.69) is 10.4 Å². The summed E-state index contributed by atoms with van der Waals surface area (Å²) in [5.74, 6) is 4.82. The van der Waals surface area contributed by atoms with Crippen LogP contribution in [0.2, 0.25) is 0 Å². The number of aromatic nitrogens is 1. The summed E-state index contributed by atoms with van der Waals surface area (Å²) in [6.07, 6.45) is -4.11. The normalized spacial score (nSPS) is 11.2. The summed E-state index contributed by atoms with van der Waals surface area (Å²) in [5, 5.41) is 10.9. The second-order valence-corrected chi connectivity index (χ2v) is 3.98. The fourth-order valence-electron chi connectivity index (χ4n) is 1.64. The first-order chi connectivity index (χ1) is 9.28. The molecule has 3 N–H and O–H groups in total. The lowest BCUT2D eigenvalue weighted by Crippen LogP contribution is -2.36. The molecule has 0 aliphatic heterocycles. The Morgan fingerprint density at radius 3 is 2.60 bits per heavy atom. The summed E-state index contributed by atoms with van der Waals surface area (Å²) in [4.78, 5) is 14.7. The lowest BCUT2D eigenvalue weighted by atomic mass is 10.3. The van der Waals surface area contributed by atoms with Gasteiger partial charge in [-0.15, -0.1) is 0 Å². The van der Waals surface area contributed by atoms with E-state index in [0.29, 0.717) is 6.42 Å². The molecule has 1 heterocycles. The molecule has 0 saturated heterocycles. The molecule has 1 rings (SSSR count). The van der Waals surface area contributed by atoms with E-state index in [1.54, 1.807) is 6.92 Å². The number of hydrogen-bond acceptors (Lipinski definition) is 6. The Bertz CT molecular complexity index is 480. The van der Waals surface area contributed by atoms with Gasteiger partial charge >= 0.3 is 11.9 Å². The van der Waals surface area contributed by atoms with Gasteiger partial charge in [-0.1, -0.05) is 6.92 Å². The summed E-state index contributed by atoms with van der Waals surface area (Å²) in [7, 11) is 0. The molecule has 0 spiro atoms. The maximum Gasteiger partial charge on any atom is 0.405 e. The minimum atomic E-state index is -4.49. The van der Waals surface area contributed by atoms with Crippen LogP contribution in [0.3, 0.4) is 0 Å². The number of nitrogens with one attached hydrogen (secondary N) is 1. The maximum absolute atomic E-state index is 12.6. The highest BCUT2D eigenvalue weighted by Crippen LogP contribution is 2.30. The number of nitro groups is 1. The van der Waals surface area contributed by atoms with Crippen LogP contribution in [-0.2, 0) is 0 Å². The molecule has 10 heteroatoms. The average Bonchev–Trinajstić information content (AvgIpc) is 2.35. The van der Waals surface area contributed by atoms with E-state index in [1.807, 2.05) is 0 Å². The van der Waals surface area contributed by atoms with Crippen molar-refractivity contribution in [3.63, 3.8) is 0 Å². The number of pyridine rings is 1. The predicted octanol–water partition coefficient (Wildman–Crippen LogP) is 2.05. The number of halogens is 3. The van der Waals surface area contributed by atoms with E-state index < -0.39 is 23.3 Å². The number of hydrogen-bond donors (Lipinski definition) is 2. The third kappa shape index (κ3) is 4.23. The van der Waals surface area contributed by atoms with Crippen molar-refractivity contribution < 1.29 is 18.1 Å². The summed E-state index contributed by atoms with van der Waals surface area (Å²) in [6.45, 7) is 0.338. The molecule has 20 heavy (non-hydrogen) atoms. The Hall–Kier alpha value is -2.10. The van der Waals surface area contributed by atoms with E-state index in [0.717, 1.165) is 11.0 Å². The lowest BCUT2D eigenvalue weighted by molar-refractivity contribution is -0.384. The van der Waals surface area contributed by atoms with Crippen LogP contribution in [0.5, 0.6) is 0 Å². The molecule has 0 aliphatic rings. The molecule has 0 unspecified atom stereocenters. The van der Waals surface area contributed by atoms with Crippen LogP contribution >= 0.6 is 0 Å². The first-order valence-corrected chi connectivity index (χ1v) is 5.72. The molecule has 0 atom stereocenters. The first-order valence-electron chi connectivity index (χ1n) is 5.72. The molecule has 7 nitrogen and oxygen atoms in total. The van der Waals surface area contributed by atoms with Gasteiger partial charge in [-0.25, -0.2) is 10.8 Å². The monoisotopic (exact) mass is 293 g/mol. The maximum atomic E-state index is 12.6. The zero-order valence-corrected chi connectivity index (χ0v) is 10.6. The van der Waals surface area contributed by atoms with Crippen LogP contribution in [0.1, 0.15) is 13.3 Å². The number of nitrogens with zero attached hydrogens (tertiary/aromatic N) is 3. The molecule has 0 bridgehead atoms. The van der Waals surface area contributed by atoms with Crippen LogP contribution in [-0.4, -0.2) is 29.2 Å². The van der Waals surface area contributed by atoms with Crippen molar-refractivity contribution >= 4 is 17.3 Å². The second kappa shape index (κ2) is 6.37. The van der Waals surface area contributed by atoms with Crippen molar-refractivity contribution in [3.05, 3.63) is 22.2 Å². The number of nitrogens with two attached hydrogens (primary N) is 1. The number of hydrazine groups is 1. The Balaban J connectivity index is 3.25. The minimum absolute atomic E-state index is 0.0125. The summed E-state index contributed by atoms with van der Waals surface area (Å²) in [6, 6.07) is 2.29. The first kappa shape index (κ1) is 16.0. The van der Waals surface area contributed by atoms with Crippen molar-refractivity contribution in [3.8, 4) is 0 Å². The summed E-state index contributed by atoms with van der Waals surface area (Å²) in [5.41, 5.74) is 1.65. The Labute approximate surface area is 112 Å². The zero-order valence-electron chi connectivity index (χ0n) is 10.6. The highest BCUT2D eigenvalue weighted by molar-refractivity contribution is 5.61. The molecule has 1 aromatic heterocycles. The molecule has 0 fully saturated rings. The van der Waals surface area contributed by atoms with Gasteiger partial charge < -0.3 is 10.3 Å². The molecule has 112 valence electrons. The Morgan fingerprint density at radius 1 is 1.50 bits per heavy atom. The van der Waals surface area contributed by atoms with Crippen LogP contribution in [0.15, 0.2) is 12.1 Å². The highest BCUT2D eigenvalue weighted by Gasteiger charge is 2.33. The number of alkyl halides is 3. The van der Waals surface area contributed by atoms with Crippen LogP contribution in [0.25, 0.3) is 0 Å². The number of nitrogen functional groups attached to an aromatic ring is 1. The SMILES string of the molecule is CCCN(CC(F)(F)F)c1nc(NN)ccc1[N+](=O)[O-]. The molecular weight excluding hydrogens is 279 g/mol. The number of rotatable bonds is 6. The highest BCUT2D eigenvalue weighted by atomic mass is 19.4. The third-order valence-electron chi connectivity index (χ3n) is 2.36. The van der Waals surface area contributed by atoms with Gasteiger partial charge in [0.2, 0.25) is 5.82 Å². The van der Waals surface area contributed by atoms with Crippen molar-refractivity contribution in [1.29, 1.82) is 0 Å². The fraction of sp³-hybridized carbons (Fsp3) is 0.500. The smallest absolute Gasteiger partial charge is 0.342 e. The zero-order chi connectivity index (χ0) is 15.3. The Morgan fingerprint density at radius 2 is 2.15 bits per heavy atom. The largest absolute Gasteiger partial charge is 0.405 e. The third-order valence-corrected chi connectivity index (χ3v) is 2.36. The average molecular weight is 293 g/mol. The summed E-state index contributed by atoms with van der Waals surface area (Å²) >= 11 is 0. The van der Waals surface area contributed by atoms with Gasteiger partial charge in [0, 0.05) is 12.6 Å². The van der Waals surface area contributed by atoms with Crippen molar-refractivity contribution in [2.24, 2.45) is 5.84 Å². The van der Waals surface area contributed by atoms with E-state index in [4.69, 9.17) is 5.84 Å². The van der Waals surface area contributed by atoms with Gasteiger partial charge in [0.15, 0.2) is 0 Å². The van der Waals surface area contributed by atoms with Crippen LogP contribution < -0.4 is 16.2 Å².